The largest absolute Gasteiger partial charge is 0.313 e. The molecule has 1 aliphatic heterocycles. The molecule has 3 rings (SSSR count). The fraction of sp³-hybridized carbons (Fsp3) is 0.643. The van der Waals surface area contributed by atoms with Crippen LogP contribution in [-0.2, 0) is 19.5 Å². The Morgan fingerprint density at radius 3 is 2.74 bits per heavy atom. The summed E-state index contributed by atoms with van der Waals surface area (Å²) in [4.78, 5) is 0. The molecule has 0 atom stereocenters. The van der Waals surface area contributed by atoms with E-state index in [1.807, 2.05) is 11.6 Å². The monoisotopic (exact) mass is 259 g/mol. The van der Waals surface area contributed by atoms with Crippen molar-refractivity contribution in [1.82, 2.24) is 24.5 Å². The summed E-state index contributed by atoms with van der Waals surface area (Å²) in [5.74, 6) is 2.19. The molecular weight excluding hydrogens is 238 g/mol. The molecule has 0 aromatic carbocycles. The molecule has 19 heavy (non-hydrogen) atoms. The van der Waals surface area contributed by atoms with Crippen molar-refractivity contribution < 1.29 is 0 Å². The summed E-state index contributed by atoms with van der Waals surface area (Å²) in [7, 11) is 0. The number of hydrogen-bond donors (Lipinski definition) is 0. The zero-order valence-electron chi connectivity index (χ0n) is 11.8. The highest BCUT2D eigenvalue weighted by Crippen LogP contribution is 2.15. The lowest BCUT2D eigenvalue weighted by molar-refractivity contribution is 0.493. The Kier molecular flexibility index (Phi) is 3.36. The Morgan fingerprint density at radius 2 is 1.95 bits per heavy atom. The van der Waals surface area contributed by atoms with Crippen LogP contribution in [0.15, 0.2) is 6.07 Å². The third-order valence-corrected chi connectivity index (χ3v) is 3.83. The van der Waals surface area contributed by atoms with Crippen LogP contribution in [-0.4, -0.2) is 24.5 Å². The Morgan fingerprint density at radius 1 is 1.11 bits per heavy atom. The van der Waals surface area contributed by atoms with Crippen LogP contribution in [0, 0.1) is 13.8 Å². The first-order valence-electron chi connectivity index (χ1n) is 7.16. The smallest absolute Gasteiger partial charge is 0.154 e. The Labute approximate surface area is 113 Å². The first-order valence-corrected chi connectivity index (χ1v) is 7.16. The van der Waals surface area contributed by atoms with Crippen molar-refractivity contribution in [2.75, 3.05) is 0 Å². The number of hydrogen-bond acceptors (Lipinski definition) is 3. The lowest BCUT2D eigenvalue weighted by Gasteiger charge is -2.13. The minimum Gasteiger partial charge on any atom is -0.313 e. The third kappa shape index (κ3) is 2.55. The van der Waals surface area contributed by atoms with Crippen LogP contribution >= 0.6 is 0 Å². The average molecular weight is 259 g/mol. The molecule has 0 N–H and O–H groups in total. The lowest BCUT2D eigenvalue weighted by atomic mass is 10.1. The molecule has 3 heterocycles. The lowest BCUT2D eigenvalue weighted by Crippen LogP contribution is -2.14. The van der Waals surface area contributed by atoms with Crippen LogP contribution < -0.4 is 0 Å². The van der Waals surface area contributed by atoms with Gasteiger partial charge in [0.25, 0.3) is 0 Å². The van der Waals surface area contributed by atoms with Gasteiger partial charge in [0.2, 0.25) is 0 Å². The molecular formula is C14H21N5. The van der Waals surface area contributed by atoms with Gasteiger partial charge in [-0.05, 0) is 32.8 Å². The minimum atomic E-state index is 0.729. The summed E-state index contributed by atoms with van der Waals surface area (Å²) in [5, 5.41) is 13.3. The first-order chi connectivity index (χ1) is 9.24. The van der Waals surface area contributed by atoms with E-state index in [0.29, 0.717) is 0 Å². The van der Waals surface area contributed by atoms with Crippen molar-refractivity contribution in [1.29, 1.82) is 0 Å². The second-order valence-corrected chi connectivity index (χ2v) is 5.43. The van der Waals surface area contributed by atoms with Gasteiger partial charge in [-0.25, -0.2) is 0 Å². The highest BCUT2D eigenvalue weighted by atomic mass is 15.3. The number of rotatable bonds is 2. The molecule has 1 aliphatic rings. The molecule has 0 unspecified atom stereocenters. The van der Waals surface area contributed by atoms with E-state index in [1.165, 1.54) is 31.4 Å². The van der Waals surface area contributed by atoms with Crippen molar-refractivity contribution in [3.05, 3.63) is 29.1 Å². The van der Waals surface area contributed by atoms with Gasteiger partial charge in [-0.15, -0.1) is 10.2 Å². The van der Waals surface area contributed by atoms with E-state index >= 15 is 0 Å². The van der Waals surface area contributed by atoms with Crippen LogP contribution in [0.25, 0.3) is 0 Å². The zero-order chi connectivity index (χ0) is 13.2. The van der Waals surface area contributed by atoms with Crippen molar-refractivity contribution in [3.63, 3.8) is 0 Å². The van der Waals surface area contributed by atoms with Gasteiger partial charge in [0, 0.05) is 18.7 Å². The van der Waals surface area contributed by atoms with E-state index < -0.39 is 0 Å². The zero-order valence-corrected chi connectivity index (χ0v) is 11.8. The Hall–Kier alpha value is -1.65. The van der Waals surface area contributed by atoms with Crippen molar-refractivity contribution in [2.24, 2.45) is 0 Å². The van der Waals surface area contributed by atoms with E-state index in [4.69, 9.17) is 0 Å². The molecule has 0 saturated heterocycles. The van der Waals surface area contributed by atoms with E-state index in [-0.39, 0.29) is 0 Å². The third-order valence-electron chi connectivity index (χ3n) is 3.83. The fourth-order valence-electron chi connectivity index (χ4n) is 2.81. The normalized spacial score (nSPS) is 15.9. The molecule has 0 radical (unpaired) electrons. The van der Waals surface area contributed by atoms with Gasteiger partial charge >= 0.3 is 0 Å². The molecule has 2 aromatic heterocycles. The number of nitrogens with zero attached hydrogens (tertiary/aromatic N) is 5. The number of fused-ring (bicyclic) bond motifs is 1. The SMILES string of the molecule is Cc1cc(C)n(Cc2nnc3n2CCCCCC3)n1. The summed E-state index contributed by atoms with van der Waals surface area (Å²) in [6, 6.07) is 2.10. The number of aryl methyl sites for hydroxylation is 3. The first kappa shape index (κ1) is 12.4. The predicted molar refractivity (Wildman–Crippen MR) is 73.0 cm³/mol. The summed E-state index contributed by atoms with van der Waals surface area (Å²) < 4.78 is 4.32. The molecule has 0 saturated carbocycles. The van der Waals surface area contributed by atoms with Crippen molar-refractivity contribution >= 4 is 0 Å². The average Bonchev–Trinajstić information content (AvgIpc) is 2.84. The van der Waals surface area contributed by atoms with Gasteiger partial charge in [-0.2, -0.15) is 5.10 Å². The minimum absolute atomic E-state index is 0.729. The summed E-state index contributed by atoms with van der Waals surface area (Å²) in [6.45, 7) is 5.90. The quantitative estimate of drug-likeness (QED) is 0.831. The topological polar surface area (TPSA) is 48.5 Å². The van der Waals surface area contributed by atoms with Gasteiger partial charge < -0.3 is 4.57 Å². The second-order valence-electron chi connectivity index (χ2n) is 5.43. The Bertz CT molecular complexity index is 566. The predicted octanol–water partition coefficient (Wildman–Crippen LogP) is 2.26. The van der Waals surface area contributed by atoms with Gasteiger partial charge in [0.05, 0.1) is 5.69 Å². The molecule has 2 aromatic rings. The summed E-state index contributed by atoms with van der Waals surface area (Å²) >= 11 is 0. The molecule has 5 heteroatoms. The highest BCUT2D eigenvalue weighted by Gasteiger charge is 2.15. The number of aromatic nitrogens is 5. The molecule has 5 nitrogen and oxygen atoms in total. The van der Waals surface area contributed by atoms with Gasteiger partial charge in [0.15, 0.2) is 5.82 Å². The highest BCUT2D eigenvalue weighted by molar-refractivity contribution is 5.08. The van der Waals surface area contributed by atoms with E-state index in [2.05, 4.69) is 32.9 Å². The maximum Gasteiger partial charge on any atom is 0.154 e. The van der Waals surface area contributed by atoms with Crippen LogP contribution in [0.4, 0.5) is 0 Å². The van der Waals surface area contributed by atoms with E-state index in [0.717, 1.165) is 36.9 Å². The van der Waals surface area contributed by atoms with Gasteiger partial charge in [-0.1, -0.05) is 12.8 Å². The maximum atomic E-state index is 4.51. The van der Waals surface area contributed by atoms with Crippen LogP contribution in [0.3, 0.4) is 0 Å². The van der Waals surface area contributed by atoms with Gasteiger partial charge in [-0.3, -0.25) is 4.68 Å². The maximum absolute atomic E-state index is 4.51. The van der Waals surface area contributed by atoms with Crippen LogP contribution in [0.2, 0.25) is 0 Å². The summed E-state index contributed by atoms with van der Waals surface area (Å²) in [6.07, 6.45) is 6.16. The van der Waals surface area contributed by atoms with Crippen molar-refractivity contribution in [2.45, 2.75) is 59.0 Å². The Balaban J connectivity index is 1.87. The van der Waals surface area contributed by atoms with Crippen LogP contribution in [0.1, 0.15) is 48.7 Å². The fourth-order valence-corrected chi connectivity index (χ4v) is 2.81. The van der Waals surface area contributed by atoms with E-state index in [1.54, 1.807) is 0 Å². The molecule has 0 fully saturated rings. The molecule has 102 valence electrons. The standard InChI is InChI=1S/C14H21N5/c1-11-9-12(2)19(17-11)10-14-16-15-13-7-5-3-4-6-8-18(13)14/h9H,3-8,10H2,1-2H3. The molecule has 0 bridgehead atoms. The van der Waals surface area contributed by atoms with Crippen LogP contribution in [0.5, 0.6) is 0 Å². The summed E-state index contributed by atoms with van der Waals surface area (Å²) in [5.41, 5.74) is 2.24. The van der Waals surface area contributed by atoms with Gasteiger partial charge in [0.1, 0.15) is 12.4 Å². The molecule has 0 spiro atoms. The second kappa shape index (κ2) is 5.15. The van der Waals surface area contributed by atoms with Crippen molar-refractivity contribution in [3.8, 4) is 0 Å². The molecule has 0 amide bonds. The van der Waals surface area contributed by atoms with E-state index in [9.17, 15) is 0 Å². The molecule has 0 aliphatic carbocycles.